The first-order valence-corrected chi connectivity index (χ1v) is 14.3. The Balaban J connectivity index is 1.58. The van der Waals surface area contributed by atoms with Crippen molar-refractivity contribution in [3.63, 3.8) is 0 Å². The van der Waals surface area contributed by atoms with Gasteiger partial charge in [0, 0.05) is 6.07 Å². The number of carbonyl (C=O) groups is 1. The Kier molecular flexibility index (Phi) is 8.81. The topological polar surface area (TPSA) is 124 Å². The fraction of sp³-hybridized carbons (Fsp3) is 0.519. The first-order chi connectivity index (χ1) is 18.0. The summed E-state index contributed by atoms with van der Waals surface area (Å²) in [5.41, 5.74) is 0.113. The van der Waals surface area contributed by atoms with Crippen molar-refractivity contribution in [3.8, 4) is 11.5 Å². The van der Waals surface area contributed by atoms with E-state index in [2.05, 4.69) is 5.32 Å². The number of hydrogen-bond acceptors (Lipinski definition) is 8. The number of alkyl carbamates (subject to hydrolysis) is 1. The van der Waals surface area contributed by atoms with Gasteiger partial charge in [-0.15, -0.1) is 0 Å². The van der Waals surface area contributed by atoms with Crippen LogP contribution < -0.4 is 14.8 Å². The second-order valence-electron chi connectivity index (χ2n) is 10.5. The van der Waals surface area contributed by atoms with Crippen molar-refractivity contribution in [2.24, 2.45) is 0 Å². The molecule has 1 fully saturated rings. The molecule has 0 bridgehead atoms. The van der Waals surface area contributed by atoms with Gasteiger partial charge in [-0.3, -0.25) is 4.84 Å². The monoisotopic (exact) mass is 548 g/mol. The number of sulfonamides is 1. The number of carbonyl (C=O) groups excluding carboxylic acids is 1. The highest BCUT2D eigenvalue weighted by atomic mass is 32.2. The molecule has 10 nitrogen and oxygen atoms in total. The number of aliphatic hydroxyl groups is 1. The summed E-state index contributed by atoms with van der Waals surface area (Å²) in [4.78, 5) is 18.5. The highest BCUT2D eigenvalue weighted by molar-refractivity contribution is 7.89. The van der Waals surface area contributed by atoms with Crippen molar-refractivity contribution >= 4 is 16.1 Å². The lowest BCUT2D eigenvalue weighted by atomic mass is 10.0. The van der Waals surface area contributed by atoms with E-state index >= 15 is 0 Å². The molecule has 1 aliphatic heterocycles. The molecular weight excluding hydrogens is 512 g/mol. The van der Waals surface area contributed by atoms with Crippen molar-refractivity contribution in [1.29, 1.82) is 0 Å². The molecule has 0 radical (unpaired) electrons. The zero-order valence-electron chi connectivity index (χ0n) is 22.0. The first kappa shape index (κ1) is 28.2. The summed E-state index contributed by atoms with van der Waals surface area (Å²) in [6, 6.07) is 12.8. The number of fused-ring (bicyclic) bond motifs is 1. The van der Waals surface area contributed by atoms with Gasteiger partial charge in [-0.25, -0.2) is 13.2 Å². The number of amides is 1. The van der Waals surface area contributed by atoms with Gasteiger partial charge in [0.15, 0.2) is 11.5 Å². The van der Waals surface area contributed by atoms with Crippen LogP contribution in [0.5, 0.6) is 11.5 Å². The number of rotatable bonds is 10. The molecule has 1 saturated carbocycles. The zero-order chi connectivity index (χ0) is 27.3. The van der Waals surface area contributed by atoms with Crippen molar-refractivity contribution in [1.82, 2.24) is 9.79 Å². The Morgan fingerprint density at radius 2 is 1.79 bits per heavy atom. The molecule has 2 atom stereocenters. The average molecular weight is 549 g/mol. The van der Waals surface area contributed by atoms with Gasteiger partial charge in [-0.1, -0.05) is 47.6 Å². The van der Waals surface area contributed by atoms with Crippen LogP contribution in [0.25, 0.3) is 0 Å². The molecule has 0 unspecified atom stereocenters. The molecule has 0 aromatic heterocycles. The number of nitrogens with zero attached hydrogens (tertiary/aromatic N) is 1. The zero-order valence-corrected chi connectivity index (χ0v) is 22.8. The van der Waals surface area contributed by atoms with Gasteiger partial charge in [-0.2, -0.15) is 0 Å². The quantitative estimate of drug-likeness (QED) is 0.430. The third kappa shape index (κ3) is 7.37. The van der Waals surface area contributed by atoms with Crippen molar-refractivity contribution in [2.75, 3.05) is 13.3 Å². The van der Waals surface area contributed by atoms with Crippen LogP contribution in [-0.4, -0.2) is 61.3 Å². The summed E-state index contributed by atoms with van der Waals surface area (Å²) >= 11 is 0. The van der Waals surface area contributed by atoms with Gasteiger partial charge >= 0.3 is 6.09 Å². The van der Waals surface area contributed by atoms with E-state index in [1.54, 1.807) is 20.8 Å². The van der Waals surface area contributed by atoms with Crippen LogP contribution in [0.3, 0.4) is 0 Å². The Bertz CT molecular complexity index is 1190. The lowest BCUT2D eigenvalue weighted by Gasteiger charge is -2.31. The van der Waals surface area contributed by atoms with Crippen LogP contribution in [-0.2, 0) is 26.0 Å². The number of ether oxygens (including phenoxy) is 3. The molecule has 2 aromatic carbocycles. The van der Waals surface area contributed by atoms with Gasteiger partial charge < -0.3 is 24.6 Å². The number of hydroxylamine groups is 1. The molecule has 0 saturated heterocycles. The molecule has 38 heavy (non-hydrogen) atoms. The fourth-order valence-electron chi connectivity index (χ4n) is 4.40. The Morgan fingerprint density at radius 3 is 2.47 bits per heavy atom. The molecule has 1 heterocycles. The Hall–Kier alpha value is -2.86. The SMILES string of the molecule is CC(C)(C)OC(=O)N[C@@H](Cc1ccccc1)[C@@H](O)CN(OC1CCCC1)S(=O)(=O)c1ccc2c(c1)OCO2. The first-order valence-electron chi connectivity index (χ1n) is 12.8. The second-order valence-corrected chi connectivity index (χ2v) is 12.4. The number of nitrogens with one attached hydrogen (secondary N) is 1. The van der Waals surface area contributed by atoms with Crippen LogP contribution in [0, 0.1) is 0 Å². The third-order valence-corrected chi connectivity index (χ3v) is 7.90. The highest BCUT2D eigenvalue weighted by Crippen LogP contribution is 2.35. The second kappa shape index (κ2) is 11.9. The summed E-state index contributed by atoms with van der Waals surface area (Å²) in [6.45, 7) is 4.83. The molecule has 1 amide bonds. The van der Waals surface area contributed by atoms with Crippen molar-refractivity contribution < 1.29 is 37.4 Å². The standard InChI is InChI=1S/C27H36N2O8S/c1-27(2,3)36-26(31)28-22(15-19-9-5-4-6-10-19)23(30)17-29(37-20-11-7-8-12-20)38(32,33)21-13-14-24-25(16-21)35-18-34-24/h4-6,9-10,13-14,16,20,22-23,30H,7-8,11-12,15,17-18H2,1-3H3,(H,28,31)/t22-,23-/m0/s1. The maximum Gasteiger partial charge on any atom is 0.407 e. The molecule has 2 N–H and O–H groups in total. The molecule has 0 spiro atoms. The summed E-state index contributed by atoms with van der Waals surface area (Å²) in [5, 5.41) is 14.0. The van der Waals surface area contributed by atoms with E-state index in [0.29, 0.717) is 24.3 Å². The largest absolute Gasteiger partial charge is 0.454 e. The van der Waals surface area contributed by atoms with Crippen molar-refractivity contribution in [3.05, 3.63) is 54.1 Å². The van der Waals surface area contributed by atoms with Crippen molar-refractivity contribution in [2.45, 2.75) is 81.6 Å². The predicted octanol–water partition coefficient (Wildman–Crippen LogP) is 3.78. The van der Waals surface area contributed by atoms with E-state index in [-0.39, 0.29) is 24.2 Å². The predicted molar refractivity (Wildman–Crippen MR) is 139 cm³/mol. The number of aliphatic hydroxyl groups excluding tert-OH is 1. The molecule has 1 aliphatic carbocycles. The minimum atomic E-state index is -4.20. The van der Waals surface area contributed by atoms with Crippen LogP contribution in [0.1, 0.15) is 52.0 Å². The lowest BCUT2D eigenvalue weighted by molar-refractivity contribution is -0.145. The van der Waals surface area contributed by atoms with Crippen LogP contribution in [0.4, 0.5) is 4.79 Å². The lowest BCUT2D eigenvalue weighted by Crippen LogP contribution is -2.51. The number of benzene rings is 2. The van der Waals surface area contributed by atoms with Gasteiger partial charge in [0.2, 0.25) is 6.79 Å². The van der Waals surface area contributed by atoms with Crippen LogP contribution in [0.15, 0.2) is 53.4 Å². The fourth-order valence-corrected chi connectivity index (χ4v) is 5.72. The van der Waals surface area contributed by atoms with Crippen LogP contribution >= 0.6 is 0 Å². The van der Waals surface area contributed by atoms with E-state index < -0.39 is 40.4 Å². The summed E-state index contributed by atoms with van der Waals surface area (Å²) < 4.78 is 44.4. The van der Waals surface area contributed by atoms with Crippen LogP contribution in [0.2, 0.25) is 0 Å². The third-order valence-electron chi connectivity index (χ3n) is 6.28. The molecule has 11 heteroatoms. The minimum absolute atomic E-state index is 0.0112. The van der Waals surface area contributed by atoms with Gasteiger partial charge in [0.05, 0.1) is 29.7 Å². The van der Waals surface area contributed by atoms with Gasteiger partial charge in [0.1, 0.15) is 5.60 Å². The van der Waals surface area contributed by atoms with E-state index in [0.717, 1.165) is 22.9 Å². The van der Waals surface area contributed by atoms with E-state index in [1.165, 1.54) is 18.2 Å². The maximum atomic E-state index is 13.7. The summed E-state index contributed by atoms with van der Waals surface area (Å²) in [5.74, 6) is 0.776. The van der Waals surface area contributed by atoms with Gasteiger partial charge in [0.25, 0.3) is 10.0 Å². The van der Waals surface area contributed by atoms with E-state index in [4.69, 9.17) is 19.0 Å². The molecule has 2 aliphatic rings. The molecule has 4 rings (SSSR count). The maximum absolute atomic E-state index is 13.7. The molecular formula is C27H36N2O8S. The van der Waals surface area contributed by atoms with E-state index in [9.17, 15) is 18.3 Å². The number of hydrogen-bond donors (Lipinski definition) is 2. The minimum Gasteiger partial charge on any atom is -0.454 e. The molecule has 2 aromatic rings. The summed E-state index contributed by atoms with van der Waals surface area (Å²) in [6.07, 6.45) is 1.23. The average Bonchev–Trinajstić information content (AvgIpc) is 3.54. The summed E-state index contributed by atoms with van der Waals surface area (Å²) in [7, 11) is -4.20. The van der Waals surface area contributed by atoms with Gasteiger partial charge in [-0.05, 0) is 57.7 Å². The smallest absolute Gasteiger partial charge is 0.407 e. The molecule has 208 valence electrons. The normalized spacial score (nSPS) is 17.4. The highest BCUT2D eigenvalue weighted by Gasteiger charge is 2.35. The Morgan fingerprint density at radius 1 is 1.11 bits per heavy atom. The van der Waals surface area contributed by atoms with E-state index in [1.807, 2.05) is 30.3 Å². The Labute approximate surface area is 223 Å².